The topological polar surface area (TPSA) is 38.7 Å². The van der Waals surface area contributed by atoms with Crippen molar-refractivity contribution >= 4 is 40.5 Å². The third-order valence-corrected chi connectivity index (χ3v) is 3.99. The molecule has 3 rings (SSSR count). The fourth-order valence-electron chi connectivity index (χ4n) is 2.19. The number of nitrogens with zero attached hydrogens (tertiary/aromatic N) is 1. The van der Waals surface area contributed by atoms with Crippen LogP contribution in [0.3, 0.4) is 0 Å². The lowest BCUT2D eigenvalue weighted by Crippen LogP contribution is -2.05. The van der Waals surface area contributed by atoms with Crippen molar-refractivity contribution in [3.05, 3.63) is 86.6 Å². The van der Waals surface area contributed by atoms with Crippen molar-refractivity contribution in [3.8, 4) is 0 Å². The van der Waals surface area contributed by atoms with Crippen LogP contribution in [0, 0.1) is 3.57 Å². The second-order valence-corrected chi connectivity index (χ2v) is 6.39. The molecule has 1 heterocycles. The zero-order valence-electron chi connectivity index (χ0n) is 12.5. The predicted molar refractivity (Wildman–Crippen MR) is 100.0 cm³/mol. The van der Waals surface area contributed by atoms with Gasteiger partial charge in [-0.05, 0) is 71.0 Å². The molecule has 0 spiro atoms. The molecular weight excluding hydrogens is 401 g/mol. The molecule has 23 heavy (non-hydrogen) atoms. The van der Waals surface area contributed by atoms with Gasteiger partial charge in [-0.2, -0.15) is 0 Å². The van der Waals surface area contributed by atoms with E-state index in [0.29, 0.717) is 11.6 Å². The normalized spacial score (nSPS) is 16.4. The Morgan fingerprint density at radius 1 is 1.09 bits per heavy atom. The summed E-state index contributed by atoms with van der Waals surface area (Å²) in [4.78, 5) is 16.3. The quantitative estimate of drug-likeness (QED) is 0.418. The first-order chi connectivity index (χ1) is 11.1. The Bertz CT molecular complexity index is 818. The highest BCUT2D eigenvalue weighted by Crippen LogP contribution is 2.19. The molecule has 0 amide bonds. The summed E-state index contributed by atoms with van der Waals surface area (Å²) >= 11 is 2.23. The summed E-state index contributed by atoms with van der Waals surface area (Å²) in [6, 6.07) is 17.6. The molecule has 0 aromatic heterocycles. The van der Waals surface area contributed by atoms with Crippen LogP contribution in [0.15, 0.2) is 76.9 Å². The van der Waals surface area contributed by atoms with Crippen LogP contribution < -0.4 is 0 Å². The van der Waals surface area contributed by atoms with Crippen LogP contribution in [-0.4, -0.2) is 11.9 Å². The van der Waals surface area contributed by atoms with Crippen LogP contribution in [0.25, 0.3) is 6.08 Å². The van der Waals surface area contributed by atoms with Gasteiger partial charge < -0.3 is 4.74 Å². The largest absolute Gasteiger partial charge is 0.402 e. The summed E-state index contributed by atoms with van der Waals surface area (Å²) in [5.74, 6) is -0.0653. The minimum Gasteiger partial charge on any atom is -0.402 e. The van der Waals surface area contributed by atoms with Gasteiger partial charge in [-0.15, -0.1) is 0 Å². The van der Waals surface area contributed by atoms with E-state index in [0.717, 1.165) is 20.3 Å². The average molecular weight is 415 g/mol. The van der Waals surface area contributed by atoms with Crippen molar-refractivity contribution in [2.45, 2.75) is 6.92 Å². The summed E-state index contributed by atoms with van der Waals surface area (Å²) in [6.45, 7) is 1.94. The number of allylic oxidation sites excluding steroid dienone is 2. The molecule has 0 fully saturated rings. The van der Waals surface area contributed by atoms with E-state index in [2.05, 4.69) is 27.6 Å². The van der Waals surface area contributed by atoms with E-state index < -0.39 is 5.97 Å². The predicted octanol–water partition coefficient (Wildman–Crippen LogP) is 4.58. The number of halogens is 1. The summed E-state index contributed by atoms with van der Waals surface area (Å²) in [5.41, 5.74) is 3.14. The molecule has 1 aliphatic rings. The lowest BCUT2D eigenvalue weighted by molar-refractivity contribution is -0.130. The lowest BCUT2D eigenvalue weighted by Gasteiger charge is -1.98. The summed E-state index contributed by atoms with van der Waals surface area (Å²) in [7, 11) is 0. The number of rotatable bonds is 3. The molecule has 0 N–H and O–H groups in total. The van der Waals surface area contributed by atoms with Gasteiger partial charge >= 0.3 is 5.97 Å². The van der Waals surface area contributed by atoms with Crippen molar-refractivity contribution < 1.29 is 9.53 Å². The van der Waals surface area contributed by atoms with Crippen molar-refractivity contribution in [3.63, 3.8) is 0 Å². The Labute approximate surface area is 148 Å². The molecule has 0 atom stereocenters. The van der Waals surface area contributed by atoms with E-state index in [1.54, 1.807) is 6.08 Å². The molecule has 4 heteroatoms. The molecule has 2 aromatic carbocycles. The molecular formula is C19H14INO2. The van der Waals surface area contributed by atoms with Crippen LogP contribution in [0.2, 0.25) is 0 Å². The van der Waals surface area contributed by atoms with Gasteiger partial charge in [0, 0.05) is 9.13 Å². The second kappa shape index (κ2) is 6.91. The highest BCUT2D eigenvalue weighted by molar-refractivity contribution is 14.1. The number of cyclic esters (lactones) is 1. The van der Waals surface area contributed by atoms with Crippen LogP contribution in [0.4, 0.5) is 0 Å². The highest BCUT2D eigenvalue weighted by Gasteiger charge is 2.23. The molecule has 114 valence electrons. The maximum absolute atomic E-state index is 12.0. The Balaban J connectivity index is 1.86. The van der Waals surface area contributed by atoms with Crippen LogP contribution in [-0.2, 0) is 9.53 Å². The van der Waals surface area contributed by atoms with Gasteiger partial charge in [-0.3, -0.25) is 0 Å². The van der Waals surface area contributed by atoms with E-state index in [9.17, 15) is 4.79 Å². The fourth-order valence-corrected chi connectivity index (χ4v) is 2.55. The first kappa shape index (κ1) is 15.7. The van der Waals surface area contributed by atoms with Crippen LogP contribution >= 0.6 is 22.6 Å². The molecule has 0 radical (unpaired) electrons. The molecule has 0 unspecified atom stereocenters. The van der Waals surface area contributed by atoms with E-state index in [1.165, 1.54) is 0 Å². The van der Waals surface area contributed by atoms with Crippen LogP contribution in [0.5, 0.6) is 0 Å². The minimum atomic E-state index is -0.417. The lowest BCUT2D eigenvalue weighted by atomic mass is 10.1. The number of esters is 1. The second-order valence-electron chi connectivity index (χ2n) is 5.14. The van der Waals surface area contributed by atoms with Crippen molar-refractivity contribution in [2.75, 3.05) is 0 Å². The summed E-state index contributed by atoms with van der Waals surface area (Å²) < 4.78 is 6.38. The van der Waals surface area contributed by atoms with Gasteiger partial charge in [0.2, 0.25) is 5.90 Å². The van der Waals surface area contributed by atoms with Gasteiger partial charge in [0.05, 0.1) is 0 Å². The Kier molecular flexibility index (Phi) is 4.71. The molecule has 0 saturated carbocycles. The highest BCUT2D eigenvalue weighted by atomic mass is 127. The number of carbonyl (C=O) groups excluding carboxylic acids is 1. The summed E-state index contributed by atoms with van der Waals surface area (Å²) in [5, 5.41) is 0. The minimum absolute atomic E-state index is 0.322. The number of hydrogen-bond donors (Lipinski definition) is 0. The number of ether oxygens (including phenoxy) is 1. The van der Waals surface area contributed by atoms with E-state index in [4.69, 9.17) is 4.74 Å². The standard InChI is InChI=1S/C19H14INO2/c1-13(11-14-5-3-2-4-6-14)12-17-19(22)23-18(21-17)15-7-9-16(20)10-8-15/h2-12H,1H3. The van der Waals surface area contributed by atoms with Gasteiger partial charge in [-0.1, -0.05) is 36.4 Å². The third-order valence-electron chi connectivity index (χ3n) is 3.27. The number of carbonyl (C=O) groups is 1. The summed E-state index contributed by atoms with van der Waals surface area (Å²) in [6.07, 6.45) is 3.74. The fraction of sp³-hybridized carbons (Fsp3) is 0.0526. The Morgan fingerprint density at radius 3 is 2.48 bits per heavy atom. The zero-order valence-corrected chi connectivity index (χ0v) is 14.7. The molecule has 1 aliphatic heterocycles. The SMILES string of the molecule is CC(=Cc1ccccc1)C=C1N=C(c2ccc(I)cc2)OC1=O. The molecule has 0 saturated heterocycles. The zero-order chi connectivity index (χ0) is 16.2. The Hall–Kier alpha value is -2.21. The maximum atomic E-state index is 12.0. The Morgan fingerprint density at radius 2 is 1.78 bits per heavy atom. The van der Waals surface area contributed by atoms with Gasteiger partial charge in [0.15, 0.2) is 5.70 Å². The van der Waals surface area contributed by atoms with E-state index >= 15 is 0 Å². The smallest absolute Gasteiger partial charge is 0.363 e. The van der Waals surface area contributed by atoms with Gasteiger partial charge in [-0.25, -0.2) is 9.79 Å². The maximum Gasteiger partial charge on any atom is 0.363 e. The van der Waals surface area contributed by atoms with Gasteiger partial charge in [0.25, 0.3) is 0 Å². The number of aliphatic imine (C=N–C) groups is 1. The molecule has 0 bridgehead atoms. The van der Waals surface area contributed by atoms with Crippen molar-refractivity contribution in [1.29, 1.82) is 0 Å². The van der Waals surface area contributed by atoms with Crippen molar-refractivity contribution in [1.82, 2.24) is 0 Å². The average Bonchev–Trinajstić information content (AvgIpc) is 2.90. The van der Waals surface area contributed by atoms with Crippen LogP contribution in [0.1, 0.15) is 18.1 Å². The number of hydrogen-bond acceptors (Lipinski definition) is 3. The first-order valence-corrected chi connectivity index (χ1v) is 8.21. The molecule has 3 nitrogen and oxygen atoms in total. The molecule has 0 aliphatic carbocycles. The number of benzene rings is 2. The van der Waals surface area contributed by atoms with Crippen molar-refractivity contribution in [2.24, 2.45) is 4.99 Å². The van der Waals surface area contributed by atoms with Gasteiger partial charge in [0.1, 0.15) is 0 Å². The van der Waals surface area contributed by atoms with E-state index in [-0.39, 0.29) is 0 Å². The first-order valence-electron chi connectivity index (χ1n) is 7.14. The molecule has 2 aromatic rings. The third kappa shape index (κ3) is 3.96. The van der Waals surface area contributed by atoms with E-state index in [1.807, 2.05) is 67.6 Å². The monoisotopic (exact) mass is 415 g/mol.